The smallest absolute Gasteiger partial charge is 0.349 e. The number of aryl methyl sites for hydroxylation is 1. The Balaban J connectivity index is 1.57. The predicted molar refractivity (Wildman–Crippen MR) is 106 cm³/mol. The number of hydrogen-bond donors (Lipinski definition) is 0. The first-order chi connectivity index (χ1) is 13.0. The minimum Gasteiger partial charge on any atom is -0.482 e. The van der Waals surface area contributed by atoms with Crippen LogP contribution in [0.3, 0.4) is 0 Å². The van der Waals surface area contributed by atoms with Gasteiger partial charge in [0.25, 0.3) is 0 Å². The number of ketones is 1. The Hall–Kier alpha value is -2.92. The molecule has 4 nitrogen and oxygen atoms in total. The van der Waals surface area contributed by atoms with E-state index in [4.69, 9.17) is 9.47 Å². The molecule has 27 heavy (non-hydrogen) atoms. The van der Waals surface area contributed by atoms with Crippen LogP contribution in [-0.4, -0.2) is 18.4 Å². The standard InChI is InChI=1S/C22H17BrO4/c1-15-13-18(23)9-12-20(15)26-14-21(24)27-19-10-7-17(8-11-19)22(25)16-5-3-2-4-6-16/h2-13H,14H2,1H3. The third kappa shape index (κ3) is 5.05. The Morgan fingerprint density at radius 3 is 2.22 bits per heavy atom. The van der Waals surface area contributed by atoms with Crippen molar-refractivity contribution in [3.8, 4) is 11.5 Å². The van der Waals surface area contributed by atoms with E-state index in [1.807, 2.05) is 37.3 Å². The molecule has 0 saturated carbocycles. The summed E-state index contributed by atoms with van der Waals surface area (Å²) in [6, 6.07) is 21.0. The number of ether oxygens (including phenoxy) is 2. The lowest BCUT2D eigenvalue weighted by Gasteiger charge is -2.09. The quantitative estimate of drug-likeness (QED) is 0.318. The van der Waals surface area contributed by atoms with Crippen molar-refractivity contribution in [1.29, 1.82) is 0 Å². The molecule has 3 aromatic rings. The molecule has 0 radical (unpaired) electrons. The molecular formula is C22H17BrO4. The van der Waals surface area contributed by atoms with Gasteiger partial charge in [-0.3, -0.25) is 4.79 Å². The van der Waals surface area contributed by atoms with Crippen LogP contribution in [0.2, 0.25) is 0 Å². The summed E-state index contributed by atoms with van der Waals surface area (Å²) in [5.41, 5.74) is 2.06. The van der Waals surface area contributed by atoms with E-state index in [1.54, 1.807) is 42.5 Å². The maximum atomic E-state index is 12.4. The molecule has 136 valence electrons. The van der Waals surface area contributed by atoms with E-state index in [-0.39, 0.29) is 12.4 Å². The predicted octanol–water partition coefficient (Wildman–Crippen LogP) is 4.97. The first-order valence-electron chi connectivity index (χ1n) is 8.32. The fraction of sp³-hybridized carbons (Fsp3) is 0.0909. The maximum absolute atomic E-state index is 12.4. The maximum Gasteiger partial charge on any atom is 0.349 e. The van der Waals surface area contributed by atoms with E-state index >= 15 is 0 Å². The van der Waals surface area contributed by atoms with Crippen LogP contribution < -0.4 is 9.47 Å². The number of esters is 1. The molecule has 0 bridgehead atoms. The van der Waals surface area contributed by atoms with Crippen molar-refractivity contribution in [2.75, 3.05) is 6.61 Å². The van der Waals surface area contributed by atoms with Crippen LogP contribution in [0.15, 0.2) is 77.3 Å². The van der Waals surface area contributed by atoms with E-state index in [1.165, 1.54) is 0 Å². The highest BCUT2D eigenvalue weighted by atomic mass is 79.9. The molecule has 0 spiro atoms. The molecule has 0 aliphatic rings. The Labute approximate surface area is 165 Å². The Morgan fingerprint density at radius 1 is 0.889 bits per heavy atom. The molecule has 0 aromatic heterocycles. The average Bonchev–Trinajstić information content (AvgIpc) is 2.68. The second-order valence-electron chi connectivity index (χ2n) is 5.89. The third-order valence-corrected chi connectivity index (χ3v) is 4.36. The van der Waals surface area contributed by atoms with E-state index in [0.29, 0.717) is 22.6 Å². The van der Waals surface area contributed by atoms with Gasteiger partial charge >= 0.3 is 5.97 Å². The minimum absolute atomic E-state index is 0.0810. The number of benzene rings is 3. The van der Waals surface area contributed by atoms with Crippen LogP contribution in [0, 0.1) is 6.92 Å². The molecule has 3 rings (SSSR count). The van der Waals surface area contributed by atoms with Crippen molar-refractivity contribution in [2.24, 2.45) is 0 Å². The van der Waals surface area contributed by atoms with Crippen molar-refractivity contribution in [3.05, 3.63) is 94.0 Å². The second kappa shape index (κ2) is 8.64. The molecule has 5 heteroatoms. The van der Waals surface area contributed by atoms with Crippen LogP contribution in [0.1, 0.15) is 21.5 Å². The van der Waals surface area contributed by atoms with Crippen LogP contribution >= 0.6 is 15.9 Å². The summed E-state index contributed by atoms with van der Waals surface area (Å²) in [5, 5.41) is 0. The summed E-state index contributed by atoms with van der Waals surface area (Å²) in [6.45, 7) is 1.70. The van der Waals surface area contributed by atoms with Crippen LogP contribution in [0.4, 0.5) is 0 Å². The second-order valence-corrected chi connectivity index (χ2v) is 6.81. The summed E-state index contributed by atoms with van der Waals surface area (Å²) in [7, 11) is 0. The molecular weight excluding hydrogens is 408 g/mol. The monoisotopic (exact) mass is 424 g/mol. The van der Waals surface area contributed by atoms with E-state index in [0.717, 1.165) is 10.0 Å². The first-order valence-corrected chi connectivity index (χ1v) is 9.11. The number of halogens is 1. The molecule has 0 heterocycles. The Kier molecular flexibility index (Phi) is 6.04. The summed E-state index contributed by atoms with van der Waals surface area (Å²) in [5.74, 6) is 0.390. The lowest BCUT2D eigenvalue weighted by atomic mass is 10.0. The van der Waals surface area contributed by atoms with Gasteiger partial charge in [0, 0.05) is 15.6 Å². The minimum atomic E-state index is -0.514. The van der Waals surface area contributed by atoms with Gasteiger partial charge in [0.15, 0.2) is 12.4 Å². The van der Waals surface area contributed by atoms with Gasteiger partial charge in [-0.15, -0.1) is 0 Å². The van der Waals surface area contributed by atoms with Crippen LogP contribution in [0.25, 0.3) is 0 Å². The summed E-state index contributed by atoms with van der Waals surface area (Å²) < 4.78 is 11.7. The highest BCUT2D eigenvalue weighted by molar-refractivity contribution is 9.10. The molecule has 0 amide bonds. The highest BCUT2D eigenvalue weighted by Crippen LogP contribution is 2.22. The van der Waals surface area contributed by atoms with Crippen molar-refractivity contribution in [1.82, 2.24) is 0 Å². The molecule has 0 saturated heterocycles. The lowest BCUT2D eigenvalue weighted by Crippen LogP contribution is -2.18. The largest absolute Gasteiger partial charge is 0.482 e. The van der Waals surface area contributed by atoms with Crippen molar-refractivity contribution in [2.45, 2.75) is 6.92 Å². The van der Waals surface area contributed by atoms with Gasteiger partial charge < -0.3 is 9.47 Å². The summed E-state index contributed by atoms with van der Waals surface area (Å²) in [4.78, 5) is 24.3. The zero-order valence-electron chi connectivity index (χ0n) is 14.6. The number of carbonyl (C=O) groups excluding carboxylic acids is 2. The van der Waals surface area contributed by atoms with Gasteiger partial charge in [0.1, 0.15) is 11.5 Å². The van der Waals surface area contributed by atoms with E-state index in [9.17, 15) is 9.59 Å². The summed E-state index contributed by atoms with van der Waals surface area (Å²) in [6.07, 6.45) is 0. The zero-order valence-corrected chi connectivity index (χ0v) is 16.2. The highest BCUT2D eigenvalue weighted by Gasteiger charge is 2.11. The molecule has 3 aromatic carbocycles. The van der Waals surface area contributed by atoms with Gasteiger partial charge in [-0.25, -0.2) is 4.79 Å². The molecule has 0 aliphatic heterocycles. The zero-order chi connectivity index (χ0) is 19.2. The number of hydrogen-bond acceptors (Lipinski definition) is 4. The van der Waals surface area contributed by atoms with Crippen molar-refractivity contribution < 1.29 is 19.1 Å². The fourth-order valence-electron chi connectivity index (χ4n) is 2.50. The first kappa shape index (κ1) is 18.9. The van der Waals surface area contributed by atoms with Gasteiger partial charge in [0.2, 0.25) is 0 Å². The van der Waals surface area contributed by atoms with Gasteiger partial charge in [-0.05, 0) is 55.0 Å². The van der Waals surface area contributed by atoms with Gasteiger partial charge in [-0.2, -0.15) is 0 Å². The van der Waals surface area contributed by atoms with Crippen molar-refractivity contribution in [3.63, 3.8) is 0 Å². The van der Waals surface area contributed by atoms with Crippen LogP contribution in [0.5, 0.6) is 11.5 Å². The molecule has 0 unspecified atom stereocenters. The molecule has 0 atom stereocenters. The molecule has 0 fully saturated rings. The van der Waals surface area contributed by atoms with Crippen LogP contribution in [-0.2, 0) is 4.79 Å². The average molecular weight is 425 g/mol. The van der Waals surface area contributed by atoms with E-state index in [2.05, 4.69) is 15.9 Å². The molecule has 0 N–H and O–H groups in total. The fourth-order valence-corrected chi connectivity index (χ4v) is 2.98. The summed E-state index contributed by atoms with van der Waals surface area (Å²) >= 11 is 3.38. The Morgan fingerprint density at radius 2 is 1.56 bits per heavy atom. The van der Waals surface area contributed by atoms with Gasteiger partial charge in [-0.1, -0.05) is 46.3 Å². The van der Waals surface area contributed by atoms with Crippen molar-refractivity contribution >= 4 is 27.7 Å². The normalized spacial score (nSPS) is 10.3. The SMILES string of the molecule is Cc1cc(Br)ccc1OCC(=O)Oc1ccc(C(=O)c2ccccc2)cc1. The number of rotatable bonds is 6. The number of carbonyl (C=O) groups is 2. The molecule has 0 aliphatic carbocycles. The topological polar surface area (TPSA) is 52.6 Å². The lowest BCUT2D eigenvalue weighted by molar-refractivity contribution is -0.136. The Bertz CT molecular complexity index is 950. The van der Waals surface area contributed by atoms with Gasteiger partial charge in [0.05, 0.1) is 0 Å². The van der Waals surface area contributed by atoms with E-state index < -0.39 is 5.97 Å². The third-order valence-electron chi connectivity index (χ3n) is 3.87.